The predicted molar refractivity (Wildman–Crippen MR) is 96.1 cm³/mol. The number of rotatable bonds is 5. The maximum Gasteiger partial charge on any atom is 0.252 e. The van der Waals surface area contributed by atoms with Crippen molar-refractivity contribution < 1.29 is 9.59 Å². The average molecular weight is 337 g/mol. The summed E-state index contributed by atoms with van der Waals surface area (Å²) in [5, 5.41) is 2.83. The molecule has 2 aromatic rings. The third kappa shape index (κ3) is 4.05. The van der Waals surface area contributed by atoms with Crippen LogP contribution < -0.4 is 5.32 Å². The summed E-state index contributed by atoms with van der Waals surface area (Å²) in [6.07, 6.45) is 5.15. The zero-order valence-electron chi connectivity index (χ0n) is 14.4. The van der Waals surface area contributed by atoms with Gasteiger partial charge >= 0.3 is 0 Å². The van der Waals surface area contributed by atoms with Crippen LogP contribution in [-0.4, -0.2) is 34.8 Å². The van der Waals surface area contributed by atoms with Gasteiger partial charge in [-0.05, 0) is 43.0 Å². The molecule has 130 valence electrons. The number of hydrogen-bond donors (Lipinski definition) is 1. The van der Waals surface area contributed by atoms with Gasteiger partial charge in [-0.15, -0.1) is 0 Å². The minimum atomic E-state index is -0.152. The van der Waals surface area contributed by atoms with Crippen LogP contribution in [0.2, 0.25) is 0 Å². The van der Waals surface area contributed by atoms with E-state index in [1.165, 1.54) is 17.3 Å². The van der Waals surface area contributed by atoms with Gasteiger partial charge in [0.15, 0.2) is 0 Å². The second-order valence-electron chi connectivity index (χ2n) is 6.31. The first-order chi connectivity index (χ1) is 12.2. The standard InChI is InChI=1S/C20H23N3O2/c1-15-18-8-3-2-6-16(18)10-13-23(15)19(24)9-5-12-22-20(25)17-7-4-11-21-14-17/h2-4,6-8,11,14-15H,5,9-10,12-13H2,1H3,(H,22,25). The topological polar surface area (TPSA) is 62.3 Å². The van der Waals surface area contributed by atoms with Crippen molar-refractivity contribution in [3.63, 3.8) is 0 Å². The fraction of sp³-hybridized carbons (Fsp3) is 0.350. The summed E-state index contributed by atoms with van der Waals surface area (Å²) >= 11 is 0. The molecule has 1 N–H and O–H groups in total. The van der Waals surface area contributed by atoms with Crippen molar-refractivity contribution in [3.05, 3.63) is 65.5 Å². The summed E-state index contributed by atoms with van der Waals surface area (Å²) in [5.41, 5.74) is 3.12. The first-order valence-electron chi connectivity index (χ1n) is 8.72. The fourth-order valence-corrected chi connectivity index (χ4v) is 3.30. The molecule has 0 fully saturated rings. The number of carbonyl (C=O) groups is 2. The molecule has 1 aliphatic rings. The summed E-state index contributed by atoms with van der Waals surface area (Å²) in [7, 11) is 0. The maximum absolute atomic E-state index is 12.5. The van der Waals surface area contributed by atoms with Crippen LogP contribution in [0.3, 0.4) is 0 Å². The van der Waals surface area contributed by atoms with E-state index in [9.17, 15) is 9.59 Å². The van der Waals surface area contributed by atoms with E-state index in [2.05, 4.69) is 29.4 Å². The molecule has 0 saturated heterocycles. The molecule has 1 aliphatic heterocycles. The minimum Gasteiger partial charge on any atom is -0.352 e. The van der Waals surface area contributed by atoms with Crippen LogP contribution in [0.1, 0.15) is 47.3 Å². The van der Waals surface area contributed by atoms with Gasteiger partial charge in [0.2, 0.25) is 5.91 Å². The highest BCUT2D eigenvalue weighted by molar-refractivity contribution is 5.93. The van der Waals surface area contributed by atoms with Crippen LogP contribution in [0.5, 0.6) is 0 Å². The van der Waals surface area contributed by atoms with E-state index < -0.39 is 0 Å². The van der Waals surface area contributed by atoms with E-state index in [4.69, 9.17) is 0 Å². The molecule has 1 atom stereocenters. The molecule has 1 unspecified atom stereocenters. The van der Waals surface area contributed by atoms with E-state index >= 15 is 0 Å². The number of nitrogens with zero attached hydrogens (tertiary/aromatic N) is 2. The lowest BCUT2D eigenvalue weighted by Gasteiger charge is -2.35. The molecular weight excluding hydrogens is 314 g/mol. The number of amides is 2. The van der Waals surface area contributed by atoms with Crippen molar-refractivity contribution in [1.29, 1.82) is 0 Å². The number of hydrogen-bond acceptors (Lipinski definition) is 3. The Morgan fingerprint density at radius 1 is 1.24 bits per heavy atom. The summed E-state index contributed by atoms with van der Waals surface area (Å²) < 4.78 is 0. The van der Waals surface area contributed by atoms with Gasteiger partial charge in [0.1, 0.15) is 0 Å². The molecule has 0 radical (unpaired) electrons. The second kappa shape index (κ2) is 7.92. The molecule has 3 rings (SSSR count). The normalized spacial score (nSPS) is 16.2. The van der Waals surface area contributed by atoms with Crippen molar-refractivity contribution in [2.45, 2.75) is 32.2 Å². The summed E-state index contributed by atoms with van der Waals surface area (Å²) in [5.74, 6) is -0.00144. The number of aromatic nitrogens is 1. The first-order valence-corrected chi connectivity index (χ1v) is 8.72. The smallest absolute Gasteiger partial charge is 0.252 e. The molecule has 0 bridgehead atoms. The first kappa shape index (κ1) is 17.1. The Kier molecular flexibility index (Phi) is 5.43. The number of pyridine rings is 1. The molecule has 0 aliphatic carbocycles. The molecule has 0 spiro atoms. The van der Waals surface area contributed by atoms with E-state index in [0.29, 0.717) is 24.9 Å². The minimum absolute atomic E-state index is 0.113. The highest BCUT2D eigenvalue weighted by Gasteiger charge is 2.26. The molecule has 2 heterocycles. The van der Waals surface area contributed by atoms with Crippen molar-refractivity contribution in [2.75, 3.05) is 13.1 Å². The van der Waals surface area contributed by atoms with Crippen LogP contribution in [0, 0.1) is 0 Å². The molecule has 5 heteroatoms. The zero-order chi connectivity index (χ0) is 17.6. The second-order valence-corrected chi connectivity index (χ2v) is 6.31. The van der Waals surface area contributed by atoms with Gasteiger partial charge in [-0.1, -0.05) is 24.3 Å². The van der Waals surface area contributed by atoms with Gasteiger partial charge in [0, 0.05) is 31.9 Å². The third-order valence-electron chi connectivity index (χ3n) is 4.69. The van der Waals surface area contributed by atoms with E-state index in [1.807, 2.05) is 17.0 Å². The lowest BCUT2D eigenvalue weighted by Crippen LogP contribution is -2.39. The Morgan fingerprint density at radius 2 is 2.08 bits per heavy atom. The van der Waals surface area contributed by atoms with Gasteiger partial charge < -0.3 is 10.2 Å². The van der Waals surface area contributed by atoms with Crippen LogP contribution in [0.15, 0.2) is 48.8 Å². The highest BCUT2D eigenvalue weighted by Crippen LogP contribution is 2.29. The zero-order valence-corrected chi connectivity index (χ0v) is 14.4. The SMILES string of the molecule is CC1c2ccccc2CCN1C(=O)CCCNC(=O)c1cccnc1. The summed E-state index contributed by atoms with van der Waals surface area (Å²) in [4.78, 5) is 30.3. The Bertz CT molecular complexity index is 746. The molecule has 25 heavy (non-hydrogen) atoms. The average Bonchev–Trinajstić information content (AvgIpc) is 2.66. The largest absolute Gasteiger partial charge is 0.352 e. The lowest BCUT2D eigenvalue weighted by molar-refractivity contribution is -0.133. The predicted octanol–water partition coefficient (Wildman–Crippen LogP) is 2.74. The number of benzene rings is 1. The van der Waals surface area contributed by atoms with Crippen LogP contribution in [0.25, 0.3) is 0 Å². The van der Waals surface area contributed by atoms with Gasteiger partial charge in [-0.3, -0.25) is 14.6 Å². The van der Waals surface area contributed by atoms with Crippen LogP contribution >= 0.6 is 0 Å². The molecular formula is C20H23N3O2. The van der Waals surface area contributed by atoms with Crippen molar-refractivity contribution in [3.8, 4) is 0 Å². The third-order valence-corrected chi connectivity index (χ3v) is 4.69. The Hall–Kier alpha value is -2.69. The molecule has 2 amide bonds. The van der Waals surface area contributed by atoms with Crippen molar-refractivity contribution >= 4 is 11.8 Å². The van der Waals surface area contributed by atoms with Crippen LogP contribution in [0.4, 0.5) is 0 Å². The summed E-state index contributed by atoms with van der Waals surface area (Å²) in [6.45, 7) is 3.33. The Morgan fingerprint density at radius 3 is 2.88 bits per heavy atom. The van der Waals surface area contributed by atoms with Gasteiger partial charge in [0.05, 0.1) is 11.6 Å². The lowest BCUT2D eigenvalue weighted by atomic mass is 9.93. The molecule has 0 saturated carbocycles. The van der Waals surface area contributed by atoms with Crippen molar-refractivity contribution in [1.82, 2.24) is 15.2 Å². The van der Waals surface area contributed by atoms with Crippen LogP contribution in [-0.2, 0) is 11.2 Å². The van der Waals surface area contributed by atoms with Gasteiger partial charge in [-0.2, -0.15) is 0 Å². The number of fused-ring (bicyclic) bond motifs is 1. The maximum atomic E-state index is 12.5. The number of nitrogens with one attached hydrogen (secondary N) is 1. The van der Waals surface area contributed by atoms with E-state index in [-0.39, 0.29) is 17.9 Å². The number of carbonyl (C=O) groups excluding carboxylic acids is 2. The van der Waals surface area contributed by atoms with E-state index in [1.54, 1.807) is 18.3 Å². The Balaban J connectivity index is 1.46. The summed E-state index contributed by atoms with van der Waals surface area (Å²) in [6, 6.07) is 11.9. The van der Waals surface area contributed by atoms with Gasteiger partial charge in [0.25, 0.3) is 5.91 Å². The van der Waals surface area contributed by atoms with E-state index in [0.717, 1.165) is 13.0 Å². The quantitative estimate of drug-likeness (QED) is 0.854. The Labute approximate surface area is 148 Å². The molecule has 1 aromatic carbocycles. The fourth-order valence-electron chi connectivity index (χ4n) is 3.30. The van der Waals surface area contributed by atoms with Gasteiger partial charge in [-0.25, -0.2) is 0 Å². The highest BCUT2D eigenvalue weighted by atomic mass is 16.2. The monoisotopic (exact) mass is 337 g/mol. The van der Waals surface area contributed by atoms with Crippen molar-refractivity contribution in [2.24, 2.45) is 0 Å². The molecule has 5 nitrogen and oxygen atoms in total. The molecule has 1 aromatic heterocycles.